The summed E-state index contributed by atoms with van der Waals surface area (Å²) >= 11 is 0. The number of hydrogen-bond acceptors (Lipinski definition) is 2. The largest absolute Gasteiger partial charge is 0.370 e. The van der Waals surface area contributed by atoms with Crippen molar-refractivity contribution in [1.82, 2.24) is 4.98 Å². The smallest absolute Gasteiger partial charge is 0.0940 e. The number of anilines is 1. The molecule has 2 heterocycles. The summed E-state index contributed by atoms with van der Waals surface area (Å²) in [7, 11) is 0. The second-order valence-corrected chi connectivity index (χ2v) is 5.71. The molecular weight excluding hydrogens is 232 g/mol. The zero-order valence-electron chi connectivity index (χ0n) is 12.1. The molecule has 1 aromatic heterocycles. The zero-order chi connectivity index (χ0) is 13.4. The number of hydrogen-bond donors (Lipinski definition) is 0. The van der Waals surface area contributed by atoms with Crippen LogP contribution in [0.5, 0.6) is 0 Å². The molecule has 3 rings (SSSR count). The van der Waals surface area contributed by atoms with Gasteiger partial charge in [-0.1, -0.05) is 26.0 Å². The van der Waals surface area contributed by atoms with Crippen molar-refractivity contribution in [1.29, 1.82) is 0 Å². The molecule has 0 atom stereocenters. The SMILES string of the molecule is CCN1CCCc2ccc3c(C(C)C)ccnc3c21. The van der Waals surface area contributed by atoms with Crippen LogP contribution in [-0.2, 0) is 6.42 Å². The molecule has 0 aliphatic carbocycles. The first kappa shape index (κ1) is 12.5. The van der Waals surface area contributed by atoms with E-state index in [1.54, 1.807) is 0 Å². The molecule has 0 amide bonds. The fourth-order valence-electron chi connectivity index (χ4n) is 3.21. The van der Waals surface area contributed by atoms with Crippen molar-refractivity contribution in [2.45, 2.75) is 39.5 Å². The number of rotatable bonds is 2. The molecule has 2 aromatic rings. The average molecular weight is 254 g/mol. The summed E-state index contributed by atoms with van der Waals surface area (Å²) in [6.45, 7) is 8.98. The van der Waals surface area contributed by atoms with E-state index in [1.807, 2.05) is 6.20 Å². The van der Waals surface area contributed by atoms with E-state index < -0.39 is 0 Å². The highest BCUT2D eigenvalue weighted by molar-refractivity contribution is 5.95. The maximum Gasteiger partial charge on any atom is 0.0940 e. The Labute approximate surface area is 115 Å². The fraction of sp³-hybridized carbons (Fsp3) is 0.471. The normalized spacial score (nSPS) is 15.1. The van der Waals surface area contributed by atoms with Gasteiger partial charge < -0.3 is 4.90 Å². The van der Waals surface area contributed by atoms with Gasteiger partial charge in [0.2, 0.25) is 0 Å². The monoisotopic (exact) mass is 254 g/mol. The van der Waals surface area contributed by atoms with Gasteiger partial charge in [0.15, 0.2) is 0 Å². The van der Waals surface area contributed by atoms with Crippen LogP contribution in [0.2, 0.25) is 0 Å². The van der Waals surface area contributed by atoms with E-state index >= 15 is 0 Å². The minimum absolute atomic E-state index is 0.544. The highest BCUT2D eigenvalue weighted by atomic mass is 15.1. The molecule has 0 radical (unpaired) electrons. The minimum atomic E-state index is 0.544. The van der Waals surface area contributed by atoms with Gasteiger partial charge in [0.1, 0.15) is 0 Å². The molecule has 2 nitrogen and oxygen atoms in total. The van der Waals surface area contributed by atoms with Crippen LogP contribution in [0, 0.1) is 0 Å². The molecule has 0 N–H and O–H groups in total. The lowest BCUT2D eigenvalue weighted by Gasteiger charge is -2.31. The van der Waals surface area contributed by atoms with Gasteiger partial charge in [0, 0.05) is 24.7 Å². The minimum Gasteiger partial charge on any atom is -0.370 e. The fourth-order valence-corrected chi connectivity index (χ4v) is 3.21. The number of benzene rings is 1. The molecule has 1 aromatic carbocycles. The Balaban J connectivity index is 2.30. The zero-order valence-corrected chi connectivity index (χ0v) is 12.1. The predicted molar refractivity (Wildman–Crippen MR) is 82.0 cm³/mol. The van der Waals surface area contributed by atoms with Crippen LogP contribution in [0.4, 0.5) is 5.69 Å². The Kier molecular flexibility index (Phi) is 3.17. The number of fused-ring (bicyclic) bond motifs is 3. The molecule has 19 heavy (non-hydrogen) atoms. The Morgan fingerprint density at radius 2 is 2.11 bits per heavy atom. The topological polar surface area (TPSA) is 16.1 Å². The molecule has 1 aliphatic heterocycles. The van der Waals surface area contributed by atoms with Gasteiger partial charge in [-0.3, -0.25) is 4.98 Å². The number of nitrogens with zero attached hydrogens (tertiary/aromatic N) is 2. The van der Waals surface area contributed by atoms with Crippen molar-refractivity contribution in [2.75, 3.05) is 18.0 Å². The summed E-state index contributed by atoms with van der Waals surface area (Å²) in [5.74, 6) is 0.544. The summed E-state index contributed by atoms with van der Waals surface area (Å²) in [5, 5.41) is 1.33. The summed E-state index contributed by atoms with van der Waals surface area (Å²) in [4.78, 5) is 7.18. The Morgan fingerprint density at radius 3 is 2.84 bits per heavy atom. The molecule has 0 saturated carbocycles. The van der Waals surface area contributed by atoms with Crippen LogP contribution in [0.3, 0.4) is 0 Å². The number of aromatic nitrogens is 1. The summed E-state index contributed by atoms with van der Waals surface area (Å²) in [6, 6.07) is 6.75. The van der Waals surface area contributed by atoms with Gasteiger partial charge >= 0.3 is 0 Å². The van der Waals surface area contributed by atoms with E-state index in [-0.39, 0.29) is 0 Å². The van der Waals surface area contributed by atoms with Gasteiger partial charge in [0.05, 0.1) is 11.2 Å². The van der Waals surface area contributed by atoms with E-state index in [4.69, 9.17) is 4.98 Å². The molecule has 100 valence electrons. The predicted octanol–water partition coefficient (Wildman–Crippen LogP) is 4.13. The second kappa shape index (κ2) is 4.84. The molecule has 0 fully saturated rings. The second-order valence-electron chi connectivity index (χ2n) is 5.71. The van der Waals surface area contributed by atoms with Gasteiger partial charge in [-0.15, -0.1) is 0 Å². The summed E-state index contributed by atoms with van der Waals surface area (Å²) in [5.41, 5.74) is 5.46. The van der Waals surface area contributed by atoms with Crippen LogP contribution in [-0.4, -0.2) is 18.1 Å². The van der Waals surface area contributed by atoms with Crippen molar-refractivity contribution >= 4 is 16.6 Å². The van der Waals surface area contributed by atoms with Crippen molar-refractivity contribution in [3.05, 3.63) is 35.5 Å². The quantitative estimate of drug-likeness (QED) is 0.801. The van der Waals surface area contributed by atoms with Gasteiger partial charge in [-0.05, 0) is 42.9 Å². The van der Waals surface area contributed by atoms with Crippen molar-refractivity contribution in [3.63, 3.8) is 0 Å². The maximum atomic E-state index is 4.69. The standard InChI is InChI=1S/C17H22N2/c1-4-19-11-5-6-13-7-8-15-14(12(2)3)9-10-18-16(15)17(13)19/h7-10,12H,4-6,11H2,1-3H3. The lowest BCUT2D eigenvalue weighted by molar-refractivity contribution is 0.710. The lowest BCUT2D eigenvalue weighted by Crippen LogP contribution is -2.29. The van der Waals surface area contributed by atoms with Gasteiger partial charge in [-0.2, -0.15) is 0 Å². The lowest BCUT2D eigenvalue weighted by atomic mass is 9.94. The highest BCUT2D eigenvalue weighted by Gasteiger charge is 2.20. The van der Waals surface area contributed by atoms with E-state index in [0.717, 1.165) is 13.1 Å². The number of pyridine rings is 1. The molecule has 0 bridgehead atoms. The molecule has 0 saturated heterocycles. The molecule has 0 unspecified atom stereocenters. The Morgan fingerprint density at radius 1 is 1.26 bits per heavy atom. The van der Waals surface area contributed by atoms with Crippen molar-refractivity contribution < 1.29 is 0 Å². The van der Waals surface area contributed by atoms with Crippen LogP contribution >= 0.6 is 0 Å². The molecular formula is C17H22N2. The molecule has 2 heteroatoms. The summed E-state index contributed by atoms with van der Waals surface area (Å²) in [6.07, 6.45) is 4.42. The average Bonchev–Trinajstić information content (AvgIpc) is 2.45. The Hall–Kier alpha value is -1.57. The first-order chi connectivity index (χ1) is 9.22. The third kappa shape index (κ3) is 1.99. The van der Waals surface area contributed by atoms with E-state index in [1.165, 1.54) is 40.6 Å². The first-order valence-corrected chi connectivity index (χ1v) is 7.37. The van der Waals surface area contributed by atoms with Crippen LogP contribution in [0.25, 0.3) is 10.9 Å². The van der Waals surface area contributed by atoms with Crippen LogP contribution in [0.1, 0.15) is 44.2 Å². The van der Waals surface area contributed by atoms with Crippen LogP contribution < -0.4 is 4.90 Å². The van der Waals surface area contributed by atoms with Crippen molar-refractivity contribution in [3.8, 4) is 0 Å². The van der Waals surface area contributed by atoms with Crippen LogP contribution in [0.15, 0.2) is 24.4 Å². The van der Waals surface area contributed by atoms with E-state index in [2.05, 4.69) is 43.9 Å². The van der Waals surface area contributed by atoms with Gasteiger partial charge in [0.25, 0.3) is 0 Å². The third-order valence-corrected chi connectivity index (χ3v) is 4.20. The number of aryl methyl sites for hydroxylation is 1. The third-order valence-electron chi connectivity index (χ3n) is 4.20. The highest BCUT2D eigenvalue weighted by Crippen LogP contribution is 2.36. The summed E-state index contributed by atoms with van der Waals surface area (Å²) < 4.78 is 0. The van der Waals surface area contributed by atoms with E-state index in [9.17, 15) is 0 Å². The first-order valence-electron chi connectivity index (χ1n) is 7.37. The van der Waals surface area contributed by atoms with Gasteiger partial charge in [-0.25, -0.2) is 0 Å². The van der Waals surface area contributed by atoms with Crippen molar-refractivity contribution in [2.24, 2.45) is 0 Å². The molecule has 0 spiro atoms. The maximum absolute atomic E-state index is 4.69. The molecule has 1 aliphatic rings. The Bertz CT molecular complexity index is 601. The van der Waals surface area contributed by atoms with E-state index in [0.29, 0.717) is 5.92 Å².